The van der Waals surface area contributed by atoms with E-state index in [4.69, 9.17) is 18.9 Å². The molecule has 5 rings (SSSR count). The zero-order valence-electron chi connectivity index (χ0n) is 21.7. The Balaban J connectivity index is 1.73. The highest BCUT2D eigenvalue weighted by Gasteiger charge is 2.48. The molecule has 2 unspecified atom stereocenters. The number of nitrogens with zero attached hydrogens (tertiary/aromatic N) is 1. The van der Waals surface area contributed by atoms with E-state index in [0.29, 0.717) is 47.1 Å². The van der Waals surface area contributed by atoms with Crippen molar-refractivity contribution in [3.63, 3.8) is 0 Å². The molecule has 3 aromatic rings. The smallest absolute Gasteiger partial charge is 0.300 e. The maximum Gasteiger partial charge on any atom is 0.300 e. The summed E-state index contributed by atoms with van der Waals surface area (Å²) in [5.41, 5.74) is 2.31. The van der Waals surface area contributed by atoms with Crippen LogP contribution in [0.4, 0.5) is 5.69 Å². The molecule has 196 valence electrons. The zero-order chi connectivity index (χ0) is 27.0. The first-order valence-corrected chi connectivity index (χ1v) is 12.4. The molecule has 38 heavy (non-hydrogen) atoms. The monoisotopic (exact) mass is 515 g/mol. The number of Topliss-reactive ketones (excluding diaryl/α,β-unsaturated/α-hetero) is 1. The van der Waals surface area contributed by atoms with Crippen molar-refractivity contribution < 1.29 is 33.6 Å². The molecule has 2 heterocycles. The average molecular weight is 516 g/mol. The number of hydrogen-bond acceptors (Lipinski definition) is 7. The fraction of sp³-hybridized carbons (Fsp3) is 0.267. The summed E-state index contributed by atoms with van der Waals surface area (Å²) in [5, 5.41) is 11.6. The summed E-state index contributed by atoms with van der Waals surface area (Å²) < 4.78 is 22.5. The Morgan fingerprint density at radius 2 is 1.76 bits per heavy atom. The summed E-state index contributed by atoms with van der Waals surface area (Å²) >= 11 is 0. The van der Waals surface area contributed by atoms with E-state index in [1.807, 2.05) is 13.8 Å². The number of hydrogen-bond donors (Lipinski definition) is 1. The summed E-state index contributed by atoms with van der Waals surface area (Å²) in [6.45, 7) is 4.21. The molecule has 0 spiro atoms. The number of para-hydroxylation sites is 2. The quantitative estimate of drug-likeness (QED) is 0.267. The lowest BCUT2D eigenvalue weighted by molar-refractivity contribution is -0.132. The first-order chi connectivity index (χ1) is 18.4. The fourth-order valence-electron chi connectivity index (χ4n) is 5.08. The predicted molar refractivity (Wildman–Crippen MR) is 142 cm³/mol. The van der Waals surface area contributed by atoms with Gasteiger partial charge in [-0.25, -0.2) is 0 Å². The molecule has 2 aliphatic rings. The first kappa shape index (κ1) is 25.2. The Hall–Kier alpha value is -4.46. The molecule has 0 radical (unpaired) electrons. The Kier molecular flexibility index (Phi) is 6.72. The third kappa shape index (κ3) is 4.22. The number of ether oxygens (including phenoxy) is 4. The van der Waals surface area contributed by atoms with E-state index in [1.165, 1.54) is 19.1 Å². The number of benzene rings is 3. The number of carbonyl (C=O) groups is 2. The maximum atomic E-state index is 13.6. The maximum absolute atomic E-state index is 13.6. The highest BCUT2D eigenvalue weighted by molar-refractivity contribution is 6.52. The Morgan fingerprint density at radius 3 is 2.50 bits per heavy atom. The second kappa shape index (κ2) is 10.1. The van der Waals surface area contributed by atoms with E-state index in [0.717, 1.165) is 11.3 Å². The molecular weight excluding hydrogens is 486 g/mol. The molecule has 2 atom stereocenters. The number of amides is 1. The molecule has 0 bridgehead atoms. The molecule has 0 aliphatic carbocycles. The van der Waals surface area contributed by atoms with Crippen molar-refractivity contribution in [1.82, 2.24) is 0 Å². The number of aliphatic hydroxyl groups is 1. The van der Waals surface area contributed by atoms with Gasteiger partial charge in [0.15, 0.2) is 11.5 Å². The molecule has 1 amide bonds. The standard InChI is InChI=1S/C30H29NO7/c1-5-37-25-16-18(10-13-24(25)36-4)27-26(28(32)19-11-12-22-20(15-19)14-17(2)38-22)29(33)30(34)31(27)21-8-6-7-9-23(21)35-3/h6-13,15-17,27,32H,5,14H2,1-4H3/b28-26+. The van der Waals surface area contributed by atoms with Gasteiger partial charge in [-0.3, -0.25) is 14.5 Å². The van der Waals surface area contributed by atoms with Crippen LogP contribution in [-0.2, 0) is 16.0 Å². The second-order valence-electron chi connectivity index (χ2n) is 9.14. The largest absolute Gasteiger partial charge is 0.507 e. The van der Waals surface area contributed by atoms with Gasteiger partial charge in [-0.1, -0.05) is 18.2 Å². The van der Waals surface area contributed by atoms with Crippen molar-refractivity contribution in [2.24, 2.45) is 0 Å². The average Bonchev–Trinajstić information content (AvgIpc) is 3.43. The predicted octanol–water partition coefficient (Wildman–Crippen LogP) is 5.05. The van der Waals surface area contributed by atoms with E-state index in [1.54, 1.807) is 60.7 Å². The SMILES string of the molecule is CCOc1cc(C2/C(=C(\O)c3ccc4c(c3)CC(C)O4)C(=O)C(=O)N2c2ccccc2OC)ccc1OC. The number of fused-ring (bicyclic) bond motifs is 1. The minimum Gasteiger partial charge on any atom is -0.507 e. The lowest BCUT2D eigenvalue weighted by atomic mass is 9.94. The van der Waals surface area contributed by atoms with Gasteiger partial charge in [-0.05, 0) is 67.4 Å². The molecule has 8 heteroatoms. The van der Waals surface area contributed by atoms with E-state index < -0.39 is 17.7 Å². The van der Waals surface area contributed by atoms with Crippen LogP contribution in [0.1, 0.15) is 36.6 Å². The molecule has 1 N–H and O–H groups in total. The van der Waals surface area contributed by atoms with Crippen LogP contribution >= 0.6 is 0 Å². The van der Waals surface area contributed by atoms with Gasteiger partial charge in [0.25, 0.3) is 11.7 Å². The minimum atomic E-state index is -0.945. The molecule has 1 saturated heterocycles. The summed E-state index contributed by atoms with van der Waals surface area (Å²) in [7, 11) is 3.04. The van der Waals surface area contributed by atoms with Gasteiger partial charge in [0.1, 0.15) is 23.4 Å². The summed E-state index contributed by atoms with van der Waals surface area (Å²) in [6.07, 6.45) is 0.709. The van der Waals surface area contributed by atoms with Gasteiger partial charge in [-0.15, -0.1) is 0 Å². The molecule has 3 aromatic carbocycles. The van der Waals surface area contributed by atoms with Crippen molar-refractivity contribution in [2.75, 3.05) is 25.7 Å². The summed E-state index contributed by atoms with van der Waals surface area (Å²) in [6, 6.07) is 16.5. The van der Waals surface area contributed by atoms with Crippen LogP contribution in [0, 0.1) is 0 Å². The van der Waals surface area contributed by atoms with Crippen LogP contribution in [0.25, 0.3) is 5.76 Å². The second-order valence-corrected chi connectivity index (χ2v) is 9.14. The number of methoxy groups -OCH3 is 2. The number of anilines is 1. The van der Waals surface area contributed by atoms with Gasteiger partial charge in [-0.2, -0.15) is 0 Å². The van der Waals surface area contributed by atoms with Crippen LogP contribution in [0.3, 0.4) is 0 Å². The normalized spacial score (nSPS) is 19.7. The van der Waals surface area contributed by atoms with Crippen LogP contribution in [0.15, 0.2) is 66.2 Å². The Bertz CT molecular complexity index is 1440. The highest BCUT2D eigenvalue weighted by atomic mass is 16.5. The molecule has 2 aliphatic heterocycles. The molecule has 0 aromatic heterocycles. The van der Waals surface area contributed by atoms with Crippen LogP contribution in [0.2, 0.25) is 0 Å². The number of rotatable bonds is 7. The van der Waals surface area contributed by atoms with Crippen molar-refractivity contribution in [2.45, 2.75) is 32.4 Å². The number of ketones is 1. The van der Waals surface area contributed by atoms with Crippen molar-refractivity contribution in [3.05, 3.63) is 82.9 Å². The van der Waals surface area contributed by atoms with E-state index in [2.05, 4.69) is 0 Å². The van der Waals surface area contributed by atoms with Gasteiger partial charge in [0, 0.05) is 12.0 Å². The van der Waals surface area contributed by atoms with Gasteiger partial charge in [0.05, 0.1) is 38.1 Å². The lowest BCUT2D eigenvalue weighted by Crippen LogP contribution is -2.29. The summed E-state index contributed by atoms with van der Waals surface area (Å²) in [4.78, 5) is 28.5. The van der Waals surface area contributed by atoms with Crippen molar-refractivity contribution in [3.8, 4) is 23.0 Å². The topological polar surface area (TPSA) is 94.5 Å². The fourth-order valence-corrected chi connectivity index (χ4v) is 5.08. The third-order valence-corrected chi connectivity index (χ3v) is 6.76. The van der Waals surface area contributed by atoms with Gasteiger partial charge in [0.2, 0.25) is 0 Å². The summed E-state index contributed by atoms with van der Waals surface area (Å²) in [5.74, 6) is 0.310. The number of aliphatic hydroxyl groups excluding tert-OH is 1. The van der Waals surface area contributed by atoms with Crippen molar-refractivity contribution in [1.29, 1.82) is 0 Å². The lowest BCUT2D eigenvalue weighted by Gasteiger charge is -2.27. The van der Waals surface area contributed by atoms with Crippen molar-refractivity contribution >= 4 is 23.1 Å². The van der Waals surface area contributed by atoms with Crippen LogP contribution in [-0.4, -0.2) is 43.7 Å². The first-order valence-electron chi connectivity index (χ1n) is 12.4. The van der Waals surface area contributed by atoms with Gasteiger partial charge >= 0.3 is 0 Å². The molecule has 8 nitrogen and oxygen atoms in total. The zero-order valence-corrected chi connectivity index (χ0v) is 21.7. The minimum absolute atomic E-state index is 0.0230. The van der Waals surface area contributed by atoms with E-state index in [9.17, 15) is 14.7 Å². The van der Waals surface area contributed by atoms with E-state index >= 15 is 0 Å². The Morgan fingerprint density at radius 1 is 1.00 bits per heavy atom. The molecular formula is C30H29NO7. The third-order valence-electron chi connectivity index (χ3n) is 6.76. The molecule has 1 fully saturated rings. The number of carbonyl (C=O) groups excluding carboxylic acids is 2. The van der Waals surface area contributed by atoms with Crippen LogP contribution in [0.5, 0.6) is 23.0 Å². The van der Waals surface area contributed by atoms with E-state index in [-0.39, 0.29) is 17.4 Å². The Labute approximate surface area is 221 Å². The highest BCUT2D eigenvalue weighted by Crippen LogP contribution is 2.46. The molecule has 0 saturated carbocycles. The van der Waals surface area contributed by atoms with Gasteiger partial charge < -0.3 is 24.1 Å². The van der Waals surface area contributed by atoms with Crippen LogP contribution < -0.4 is 23.8 Å².